The molecule has 0 fully saturated rings. The molecule has 3 aromatic rings. The van der Waals surface area contributed by atoms with Crippen LogP contribution < -0.4 is 4.74 Å². The van der Waals surface area contributed by atoms with Crippen LogP contribution in [-0.4, -0.2) is 25.0 Å². The molecule has 0 N–H and O–H groups in total. The number of carbonyl (C=O) groups is 2. The van der Waals surface area contributed by atoms with Crippen LogP contribution in [0.2, 0.25) is 5.02 Å². The van der Waals surface area contributed by atoms with E-state index in [-0.39, 0.29) is 24.4 Å². The summed E-state index contributed by atoms with van der Waals surface area (Å²) in [4.78, 5) is 24.9. The molecule has 0 spiro atoms. The van der Waals surface area contributed by atoms with Crippen LogP contribution in [-0.2, 0) is 10.2 Å². The Morgan fingerprint density at radius 3 is 2.38 bits per heavy atom. The van der Waals surface area contributed by atoms with Crippen LogP contribution >= 0.6 is 11.6 Å². The second-order valence-corrected chi connectivity index (χ2v) is 8.09. The number of carbonyl (C=O) groups excluding carboxylic acids is 2. The number of rotatable bonds is 6. The number of ether oxygens (including phenoxy) is 2. The largest absolute Gasteiger partial charge is 0.485 e. The molecule has 0 aliphatic rings. The first-order chi connectivity index (χ1) is 13.7. The number of fused-ring (bicyclic) bond motifs is 1. The summed E-state index contributed by atoms with van der Waals surface area (Å²) in [5.74, 6) is 0.410. The Morgan fingerprint density at radius 1 is 1.07 bits per heavy atom. The van der Waals surface area contributed by atoms with E-state index in [1.807, 2.05) is 20.8 Å². The maximum Gasteiger partial charge on any atom is 0.342 e. The third-order valence-electron chi connectivity index (χ3n) is 4.36. The predicted molar refractivity (Wildman–Crippen MR) is 112 cm³/mol. The van der Waals surface area contributed by atoms with Crippen LogP contribution in [0.4, 0.5) is 0 Å². The zero-order valence-corrected chi connectivity index (χ0v) is 17.6. The molecule has 0 unspecified atom stereocenters. The van der Waals surface area contributed by atoms with Gasteiger partial charge in [0, 0.05) is 21.4 Å². The quantitative estimate of drug-likeness (QED) is 0.375. The van der Waals surface area contributed by atoms with E-state index in [9.17, 15) is 9.59 Å². The molecule has 0 atom stereocenters. The van der Waals surface area contributed by atoms with Gasteiger partial charge in [-0.1, -0.05) is 32.4 Å². The van der Waals surface area contributed by atoms with Crippen LogP contribution in [0, 0.1) is 0 Å². The molecule has 0 aliphatic carbocycles. The van der Waals surface area contributed by atoms with E-state index in [0.29, 0.717) is 38.6 Å². The molecule has 0 saturated carbocycles. The number of Topliss-reactive ketones (excluding diaryl/α,β-unsaturated/α-hetero) is 1. The number of hydrogen-bond acceptors (Lipinski definition) is 5. The lowest BCUT2D eigenvalue weighted by molar-refractivity contribution is 0.0523. The van der Waals surface area contributed by atoms with E-state index >= 15 is 0 Å². The van der Waals surface area contributed by atoms with Crippen molar-refractivity contribution < 1.29 is 23.5 Å². The van der Waals surface area contributed by atoms with Gasteiger partial charge in [-0.05, 0) is 49.4 Å². The summed E-state index contributed by atoms with van der Waals surface area (Å²) in [6, 6.07) is 11.8. The summed E-state index contributed by atoms with van der Waals surface area (Å²) in [6.07, 6.45) is 0. The van der Waals surface area contributed by atoms with E-state index in [4.69, 9.17) is 25.5 Å². The van der Waals surface area contributed by atoms with Gasteiger partial charge >= 0.3 is 5.97 Å². The van der Waals surface area contributed by atoms with Gasteiger partial charge in [0.25, 0.3) is 0 Å². The molecule has 0 aliphatic heterocycles. The van der Waals surface area contributed by atoms with Crippen molar-refractivity contribution in [1.82, 2.24) is 0 Å². The summed E-state index contributed by atoms with van der Waals surface area (Å²) in [5, 5.41) is 1.17. The van der Waals surface area contributed by atoms with Gasteiger partial charge in [0.2, 0.25) is 0 Å². The van der Waals surface area contributed by atoms with Crippen LogP contribution in [0.15, 0.2) is 46.9 Å². The molecule has 1 aromatic heterocycles. The number of ketones is 1. The fourth-order valence-corrected chi connectivity index (χ4v) is 3.09. The van der Waals surface area contributed by atoms with Crippen molar-refractivity contribution in [2.45, 2.75) is 33.1 Å². The first kappa shape index (κ1) is 20.9. The minimum atomic E-state index is -0.439. The molecule has 6 heteroatoms. The van der Waals surface area contributed by atoms with Crippen LogP contribution in [0.3, 0.4) is 0 Å². The summed E-state index contributed by atoms with van der Waals surface area (Å²) in [7, 11) is 0. The number of hydrogen-bond donors (Lipinski definition) is 0. The van der Waals surface area contributed by atoms with Gasteiger partial charge in [-0.2, -0.15) is 0 Å². The smallest absolute Gasteiger partial charge is 0.342 e. The molecule has 0 radical (unpaired) electrons. The highest BCUT2D eigenvalue weighted by Gasteiger charge is 2.30. The van der Waals surface area contributed by atoms with Gasteiger partial charge in [0.1, 0.15) is 22.7 Å². The molecule has 5 nitrogen and oxygen atoms in total. The molecule has 0 saturated heterocycles. The highest BCUT2D eigenvalue weighted by Crippen LogP contribution is 2.36. The molecule has 29 heavy (non-hydrogen) atoms. The fourth-order valence-electron chi connectivity index (χ4n) is 2.97. The van der Waals surface area contributed by atoms with Crippen molar-refractivity contribution in [3.8, 4) is 5.75 Å². The minimum Gasteiger partial charge on any atom is -0.485 e. The van der Waals surface area contributed by atoms with Gasteiger partial charge < -0.3 is 13.9 Å². The van der Waals surface area contributed by atoms with E-state index in [1.54, 1.807) is 49.4 Å². The standard InChI is InChI=1S/C23H23ClO5/c1-5-27-22(26)20-17-12-16(10-11-19(17)29-21(20)23(2,3)4)28-13-18(25)14-6-8-15(24)9-7-14/h6-12H,5,13H2,1-4H3. The summed E-state index contributed by atoms with van der Waals surface area (Å²) in [6.45, 7) is 7.79. The minimum absolute atomic E-state index is 0.133. The predicted octanol–water partition coefficient (Wildman–Crippen LogP) is 5.82. The first-order valence-corrected chi connectivity index (χ1v) is 9.74. The molecular formula is C23H23ClO5. The molecule has 2 aromatic carbocycles. The topological polar surface area (TPSA) is 65.7 Å². The second kappa shape index (κ2) is 8.29. The number of halogens is 1. The molecule has 1 heterocycles. The Balaban J connectivity index is 1.90. The summed E-state index contributed by atoms with van der Waals surface area (Å²) < 4.78 is 16.9. The third kappa shape index (κ3) is 4.62. The van der Waals surface area contributed by atoms with Crippen molar-refractivity contribution in [3.63, 3.8) is 0 Å². The van der Waals surface area contributed by atoms with Gasteiger partial charge in [0.05, 0.1) is 6.61 Å². The lowest BCUT2D eigenvalue weighted by Gasteiger charge is -2.16. The number of esters is 1. The van der Waals surface area contributed by atoms with E-state index in [0.717, 1.165) is 0 Å². The highest BCUT2D eigenvalue weighted by atomic mass is 35.5. The van der Waals surface area contributed by atoms with E-state index in [1.165, 1.54) is 0 Å². The average Bonchev–Trinajstić information content (AvgIpc) is 3.06. The van der Waals surface area contributed by atoms with Crippen LogP contribution in [0.25, 0.3) is 11.0 Å². The Kier molecular flexibility index (Phi) is 5.99. The lowest BCUT2D eigenvalue weighted by atomic mass is 9.89. The average molecular weight is 415 g/mol. The molecule has 0 amide bonds. The Hall–Kier alpha value is -2.79. The SMILES string of the molecule is CCOC(=O)c1c(C(C)(C)C)oc2ccc(OCC(=O)c3ccc(Cl)cc3)cc12. The Morgan fingerprint density at radius 2 is 1.76 bits per heavy atom. The zero-order valence-electron chi connectivity index (χ0n) is 16.9. The number of benzene rings is 2. The van der Waals surface area contributed by atoms with Crippen molar-refractivity contribution in [2.24, 2.45) is 0 Å². The number of furan rings is 1. The third-order valence-corrected chi connectivity index (χ3v) is 4.61. The summed E-state index contributed by atoms with van der Waals surface area (Å²) >= 11 is 5.85. The van der Waals surface area contributed by atoms with Crippen molar-refractivity contribution >= 4 is 34.3 Å². The second-order valence-electron chi connectivity index (χ2n) is 7.65. The van der Waals surface area contributed by atoms with Gasteiger partial charge in [-0.3, -0.25) is 4.79 Å². The fraction of sp³-hybridized carbons (Fsp3) is 0.304. The lowest BCUT2D eigenvalue weighted by Crippen LogP contribution is -2.16. The first-order valence-electron chi connectivity index (χ1n) is 9.36. The van der Waals surface area contributed by atoms with Gasteiger partial charge in [0.15, 0.2) is 12.4 Å². The summed E-state index contributed by atoms with van der Waals surface area (Å²) in [5.41, 5.74) is 1.09. The molecule has 152 valence electrons. The molecule has 0 bridgehead atoms. The maximum atomic E-state index is 12.6. The van der Waals surface area contributed by atoms with Crippen molar-refractivity contribution in [3.05, 3.63) is 64.4 Å². The highest BCUT2D eigenvalue weighted by molar-refractivity contribution is 6.30. The van der Waals surface area contributed by atoms with Gasteiger partial charge in [-0.15, -0.1) is 0 Å². The Labute approximate surface area is 174 Å². The van der Waals surface area contributed by atoms with Crippen LogP contribution in [0.5, 0.6) is 5.75 Å². The monoisotopic (exact) mass is 414 g/mol. The van der Waals surface area contributed by atoms with Crippen molar-refractivity contribution in [2.75, 3.05) is 13.2 Å². The zero-order chi connectivity index (χ0) is 21.2. The maximum absolute atomic E-state index is 12.6. The van der Waals surface area contributed by atoms with Gasteiger partial charge in [-0.25, -0.2) is 4.79 Å². The molecule has 3 rings (SSSR count). The molecular weight excluding hydrogens is 392 g/mol. The normalized spacial score (nSPS) is 11.5. The van der Waals surface area contributed by atoms with E-state index < -0.39 is 5.97 Å². The Bertz CT molecular complexity index is 1040. The van der Waals surface area contributed by atoms with E-state index in [2.05, 4.69) is 0 Å². The van der Waals surface area contributed by atoms with Crippen molar-refractivity contribution in [1.29, 1.82) is 0 Å². The van der Waals surface area contributed by atoms with Crippen LogP contribution in [0.1, 0.15) is 54.2 Å².